The summed E-state index contributed by atoms with van der Waals surface area (Å²) in [6.45, 7) is 0. The molecule has 4 nitrogen and oxygen atoms in total. The summed E-state index contributed by atoms with van der Waals surface area (Å²) in [5, 5.41) is 0. The van der Waals surface area contributed by atoms with Crippen molar-refractivity contribution in [3.63, 3.8) is 0 Å². The third-order valence-electron chi connectivity index (χ3n) is 8.41. The van der Waals surface area contributed by atoms with Crippen molar-refractivity contribution >= 4 is 0 Å². The molecule has 0 fully saturated rings. The van der Waals surface area contributed by atoms with E-state index in [0.29, 0.717) is 17.5 Å². The first-order valence-corrected chi connectivity index (χ1v) is 16.0. The molecule has 0 aliphatic rings. The summed E-state index contributed by atoms with van der Waals surface area (Å²) < 4.78 is 0. The molecule has 0 bridgehead atoms. The van der Waals surface area contributed by atoms with Gasteiger partial charge in [-0.25, -0.2) is 15.0 Å². The Kier molecular flexibility index (Phi) is 7.87. The van der Waals surface area contributed by atoms with Crippen LogP contribution in [0.15, 0.2) is 182 Å². The van der Waals surface area contributed by atoms with E-state index in [4.69, 9.17) is 15.0 Å². The van der Waals surface area contributed by atoms with E-state index in [2.05, 4.69) is 108 Å². The Balaban J connectivity index is 1.34. The molecule has 0 aliphatic heterocycles. The first-order chi connectivity index (χ1) is 23.8. The van der Waals surface area contributed by atoms with Gasteiger partial charge in [-0.15, -0.1) is 0 Å². The lowest BCUT2D eigenvalue weighted by atomic mass is 9.90. The minimum Gasteiger partial charge on any atom is -0.264 e. The minimum atomic E-state index is 0.610. The van der Waals surface area contributed by atoms with Crippen LogP contribution in [-0.2, 0) is 0 Å². The van der Waals surface area contributed by atoms with Gasteiger partial charge in [0.25, 0.3) is 0 Å². The fraction of sp³-hybridized carbons (Fsp3) is 0. The van der Waals surface area contributed by atoms with E-state index in [-0.39, 0.29) is 0 Å². The minimum absolute atomic E-state index is 0.610. The Hall–Kier alpha value is -6.52. The van der Waals surface area contributed by atoms with E-state index in [1.165, 1.54) is 22.3 Å². The van der Waals surface area contributed by atoms with Crippen molar-refractivity contribution in [2.24, 2.45) is 0 Å². The lowest BCUT2D eigenvalue weighted by Gasteiger charge is -2.15. The number of hydrogen-bond donors (Lipinski definition) is 0. The van der Waals surface area contributed by atoms with Crippen LogP contribution in [-0.4, -0.2) is 19.9 Å². The highest BCUT2D eigenvalue weighted by Crippen LogP contribution is 2.38. The van der Waals surface area contributed by atoms with E-state index in [1.807, 2.05) is 72.9 Å². The molecule has 4 heteroatoms. The van der Waals surface area contributed by atoms with Gasteiger partial charge >= 0.3 is 0 Å². The van der Waals surface area contributed by atoms with Crippen LogP contribution in [0.2, 0.25) is 0 Å². The highest BCUT2D eigenvalue weighted by molar-refractivity contribution is 5.89. The van der Waals surface area contributed by atoms with Crippen molar-refractivity contribution in [2.45, 2.75) is 0 Å². The second-order valence-electron chi connectivity index (χ2n) is 11.6. The molecule has 0 atom stereocenters. The molecule has 0 radical (unpaired) electrons. The molecule has 2 heterocycles. The van der Waals surface area contributed by atoms with Crippen LogP contribution in [0.5, 0.6) is 0 Å². The van der Waals surface area contributed by atoms with Crippen LogP contribution >= 0.6 is 0 Å². The second kappa shape index (κ2) is 13.1. The average molecular weight is 615 g/mol. The molecular weight excluding hydrogens is 585 g/mol. The summed E-state index contributed by atoms with van der Waals surface area (Å²) in [6.07, 6.45) is 3.70. The molecule has 0 aliphatic carbocycles. The van der Waals surface area contributed by atoms with Crippen molar-refractivity contribution in [1.29, 1.82) is 0 Å². The van der Waals surface area contributed by atoms with Crippen LogP contribution < -0.4 is 0 Å². The summed E-state index contributed by atoms with van der Waals surface area (Å²) in [5.41, 5.74) is 11.7. The van der Waals surface area contributed by atoms with Crippen molar-refractivity contribution in [1.82, 2.24) is 19.9 Å². The van der Waals surface area contributed by atoms with Crippen molar-refractivity contribution < 1.29 is 0 Å². The summed E-state index contributed by atoms with van der Waals surface area (Å²) >= 11 is 0. The van der Waals surface area contributed by atoms with E-state index in [9.17, 15) is 0 Å². The first-order valence-electron chi connectivity index (χ1n) is 16.0. The van der Waals surface area contributed by atoms with Gasteiger partial charge in [-0.3, -0.25) is 4.98 Å². The topological polar surface area (TPSA) is 51.6 Å². The predicted octanol–water partition coefficient (Wildman–Crippen LogP) is 10.9. The Morgan fingerprint density at radius 3 is 1.23 bits per heavy atom. The van der Waals surface area contributed by atoms with Crippen molar-refractivity contribution in [3.8, 4) is 78.7 Å². The Bertz CT molecular complexity index is 2250. The summed E-state index contributed by atoms with van der Waals surface area (Å²) in [7, 11) is 0. The smallest absolute Gasteiger partial charge is 0.164 e. The van der Waals surface area contributed by atoms with Gasteiger partial charge in [0.05, 0.1) is 0 Å². The molecule has 8 aromatic rings. The van der Waals surface area contributed by atoms with Gasteiger partial charge < -0.3 is 0 Å². The highest BCUT2D eigenvalue weighted by atomic mass is 15.0. The molecule has 0 N–H and O–H groups in total. The zero-order valence-electron chi connectivity index (χ0n) is 26.1. The molecular formula is C44H30N4. The Morgan fingerprint density at radius 1 is 0.271 bits per heavy atom. The van der Waals surface area contributed by atoms with Crippen molar-refractivity contribution in [2.75, 3.05) is 0 Å². The molecule has 8 rings (SSSR count). The largest absolute Gasteiger partial charge is 0.264 e. The molecule has 6 aromatic carbocycles. The van der Waals surface area contributed by atoms with Gasteiger partial charge in [0.1, 0.15) is 0 Å². The fourth-order valence-corrected chi connectivity index (χ4v) is 6.01. The van der Waals surface area contributed by atoms with Crippen LogP contribution in [0.3, 0.4) is 0 Å². The lowest BCUT2D eigenvalue weighted by Crippen LogP contribution is -2.00. The first kappa shape index (κ1) is 28.9. The quantitative estimate of drug-likeness (QED) is 0.179. The second-order valence-corrected chi connectivity index (χ2v) is 11.6. The number of aromatic nitrogens is 4. The lowest BCUT2D eigenvalue weighted by molar-refractivity contribution is 1.07. The summed E-state index contributed by atoms with van der Waals surface area (Å²) in [5.74, 6) is 1.87. The van der Waals surface area contributed by atoms with Gasteiger partial charge in [-0.2, -0.15) is 0 Å². The molecule has 0 unspecified atom stereocenters. The van der Waals surface area contributed by atoms with E-state index < -0.39 is 0 Å². The number of rotatable bonds is 7. The van der Waals surface area contributed by atoms with Crippen molar-refractivity contribution in [3.05, 3.63) is 182 Å². The molecule has 0 amide bonds. The van der Waals surface area contributed by atoms with Gasteiger partial charge in [-0.1, -0.05) is 140 Å². The van der Waals surface area contributed by atoms with E-state index in [0.717, 1.165) is 38.9 Å². The third kappa shape index (κ3) is 6.03. The molecule has 226 valence electrons. The van der Waals surface area contributed by atoms with Gasteiger partial charge in [0.2, 0.25) is 0 Å². The maximum Gasteiger partial charge on any atom is 0.164 e. The monoisotopic (exact) mass is 614 g/mol. The zero-order chi connectivity index (χ0) is 32.1. The molecule has 0 saturated carbocycles. The SMILES string of the molecule is c1ccc(-c2nc(-c3ccccc3)nc(-c3cc(-c4cccnc4)cc(-c4ccc(-c5ccccc5)c(-c5ccccc5)c4)c3)n2)cc1. The molecule has 0 spiro atoms. The van der Waals surface area contributed by atoms with Crippen LogP contribution in [0.1, 0.15) is 0 Å². The van der Waals surface area contributed by atoms with Gasteiger partial charge in [0.15, 0.2) is 17.5 Å². The molecule has 48 heavy (non-hydrogen) atoms. The van der Waals surface area contributed by atoms with E-state index in [1.54, 1.807) is 6.20 Å². The number of nitrogens with zero attached hydrogens (tertiary/aromatic N) is 4. The Labute approximate surface area is 280 Å². The zero-order valence-corrected chi connectivity index (χ0v) is 26.1. The van der Waals surface area contributed by atoms with Crippen LogP contribution in [0, 0.1) is 0 Å². The number of pyridine rings is 1. The predicted molar refractivity (Wildman–Crippen MR) is 196 cm³/mol. The number of hydrogen-bond acceptors (Lipinski definition) is 4. The number of benzene rings is 6. The fourth-order valence-electron chi connectivity index (χ4n) is 6.01. The third-order valence-corrected chi connectivity index (χ3v) is 8.41. The van der Waals surface area contributed by atoms with Gasteiger partial charge in [-0.05, 0) is 69.3 Å². The maximum absolute atomic E-state index is 5.05. The summed E-state index contributed by atoms with van der Waals surface area (Å²) in [6, 6.07) is 58.6. The average Bonchev–Trinajstić information content (AvgIpc) is 3.19. The Morgan fingerprint density at radius 2 is 0.708 bits per heavy atom. The van der Waals surface area contributed by atoms with Crippen LogP contribution in [0.4, 0.5) is 0 Å². The maximum atomic E-state index is 5.05. The van der Waals surface area contributed by atoms with E-state index >= 15 is 0 Å². The summed E-state index contributed by atoms with van der Waals surface area (Å²) in [4.78, 5) is 19.4. The molecule has 2 aromatic heterocycles. The van der Waals surface area contributed by atoms with Crippen LogP contribution in [0.25, 0.3) is 78.7 Å². The standard InChI is InChI=1S/C44H30N4/c1-5-14-31(15-6-1)40-24-23-35(29-41(40)32-16-7-2-8-17-32)37-26-38(36-22-13-25-45-30-36)28-39(27-37)44-47-42(33-18-9-3-10-19-33)46-43(48-44)34-20-11-4-12-21-34/h1-30H. The normalized spacial score (nSPS) is 10.9. The molecule has 0 saturated heterocycles. The van der Waals surface area contributed by atoms with Gasteiger partial charge in [0, 0.05) is 34.6 Å². The highest BCUT2D eigenvalue weighted by Gasteiger charge is 2.16.